The van der Waals surface area contributed by atoms with Crippen molar-refractivity contribution in [2.75, 3.05) is 26.2 Å². The van der Waals surface area contributed by atoms with Gasteiger partial charge < -0.3 is 15.4 Å². The number of aryl methyl sites for hydroxylation is 1. The number of rotatable bonds is 6. The van der Waals surface area contributed by atoms with Gasteiger partial charge in [-0.2, -0.15) is 0 Å². The van der Waals surface area contributed by atoms with Crippen LogP contribution in [0.4, 0.5) is 8.78 Å². The van der Waals surface area contributed by atoms with Crippen LogP contribution in [0.15, 0.2) is 30.7 Å². The molecular formula is C22H28F2N4O. The number of aromatic nitrogens is 2. The van der Waals surface area contributed by atoms with Crippen molar-refractivity contribution in [1.82, 2.24) is 20.6 Å². The Kier molecular flexibility index (Phi) is 5.53. The molecule has 29 heavy (non-hydrogen) atoms. The molecule has 156 valence electrons. The molecule has 1 aromatic heterocycles. The number of nitrogens with one attached hydrogen (secondary N) is 2. The number of benzene rings is 1. The lowest BCUT2D eigenvalue weighted by molar-refractivity contribution is 0.201. The molecular weight excluding hydrogens is 374 g/mol. The molecule has 2 N–H and O–H groups in total. The van der Waals surface area contributed by atoms with Crippen LogP contribution in [0.2, 0.25) is 0 Å². The molecule has 0 amide bonds. The topological polar surface area (TPSA) is 59.1 Å². The van der Waals surface area contributed by atoms with Gasteiger partial charge in [0.2, 0.25) is 0 Å². The normalized spacial score (nSPS) is 24.3. The highest BCUT2D eigenvalue weighted by Crippen LogP contribution is 2.46. The van der Waals surface area contributed by atoms with Crippen molar-refractivity contribution in [1.29, 1.82) is 0 Å². The summed E-state index contributed by atoms with van der Waals surface area (Å²) in [5.74, 6) is 0.963. The van der Waals surface area contributed by atoms with Gasteiger partial charge in [-0.05, 0) is 63.4 Å². The van der Waals surface area contributed by atoms with Crippen LogP contribution in [-0.2, 0) is 6.42 Å². The average Bonchev–Trinajstić information content (AvgIpc) is 3.32. The number of hydrogen-bond donors (Lipinski definition) is 2. The first kappa shape index (κ1) is 20.2. The minimum atomic E-state index is -1.33. The van der Waals surface area contributed by atoms with E-state index < -0.39 is 5.67 Å². The zero-order valence-corrected chi connectivity index (χ0v) is 17.0. The van der Waals surface area contributed by atoms with Gasteiger partial charge in [-0.25, -0.2) is 18.7 Å². The quantitative estimate of drug-likeness (QED) is 0.771. The highest BCUT2D eigenvalue weighted by molar-refractivity contribution is 5.41. The molecule has 0 aliphatic carbocycles. The Hall–Kier alpha value is -2.12. The molecule has 1 aromatic carbocycles. The molecule has 1 spiro atoms. The third-order valence-corrected chi connectivity index (χ3v) is 6.11. The van der Waals surface area contributed by atoms with E-state index in [-0.39, 0.29) is 23.6 Å². The third kappa shape index (κ3) is 4.41. The Balaban J connectivity index is 1.63. The maximum Gasteiger partial charge on any atom is 0.167 e. The maximum atomic E-state index is 14.0. The third-order valence-electron chi connectivity index (χ3n) is 6.11. The Bertz CT molecular complexity index is 857. The summed E-state index contributed by atoms with van der Waals surface area (Å²) in [5.41, 5.74) is 0.306. The zero-order chi connectivity index (χ0) is 20.5. The van der Waals surface area contributed by atoms with E-state index in [4.69, 9.17) is 4.74 Å². The molecule has 3 heterocycles. The Morgan fingerprint density at radius 2 is 2.07 bits per heavy atom. The fourth-order valence-corrected chi connectivity index (χ4v) is 4.46. The fourth-order valence-electron chi connectivity index (χ4n) is 4.46. The number of alkyl halides is 1. The second-order valence-electron chi connectivity index (χ2n) is 8.82. The minimum absolute atomic E-state index is 0.121. The molecule has 5 nitrogen and oxygen atoms in total. The van der Waals surface area contributed by atoms with E-state index in [1.807, 2.05) is 0 Å². The minimum Gasteiger partial charge on any atom is -0.454 e. The van der Waals surface area contributed by atoms with Crippen LogP contribution in [-0.4, -0.2) is 41.8 Å². The summed E-state index contributed by atoms with van der Waals surface area (Å²) in [6.45, 7) is 6.78. The van der Waals surface area contributed by atoms with Crippen LogP contribution >= 0.6 is 0 Å². The zero-order valence-electron chi connectivity index (χ0n) is 17.0. The van der Waals surface area contributed by atoms with Gasteiger partial charge in [0, 0.05) is 31.0 Å². The van der Waals surface area contributed by atoms with Gasteiger partial charge in [0.15, 0.2) is 5.75 Å². The first-order valence-corrected chi connectivity index (χ1v) is 10.2. The molecule has 0 saturated carbocycles. The van der Waals surface area contributed by atoms with Crippen molar-refractivity contribution in [3.63, 3.8) is 0 Å². The summed E-state index contributed by atoms with van der Waals surface area (Å²) in [6.07, 6.45) is 4.98. The monoisotopic (exact) mass is 402 g/mol. The van der Waals surface area contributed by atoms with Gasteiger partial charge in [0.1, 0.15) is 23.6 Å². The lowest BCUT2D eigenvalue weighted by Crippen LogP contribution is -2.32. The van der Waals surface area contributed by atoms with Crippen LogP contribution in [0.1, 0.15) is 43.9 Å². The Labute approximate surface area is 170 Å². The molecule has 0 radical (unpaired) electrons. The second-order valence-corrected chi connectivity index (χ2v) is 8.82. The summed E-state index contributed by atoms with van der Waals surface area (Å²) in [5, 5.41) is 6.97. The molecule has 0 bridgehead atoms. The molecule has 2 fully saturated rings. The highest BCUT2D eigenvalue weighted by atomic mass is 19.1. The predicted octanol–water partition coefficient (Wildman–Crippen LogP) is 3.76. The van der Waals surface area contributed by atoms with E-state index in [1.165, 1.54) is 26.0 Å². The summed E-state index contributed by atoms with van der Waals surface area (Å²) >= 11 is 0. The van der Waals surface area contributed by atoms with Crippen LogP contribution < -0.4 is 15.4 Å². The summed E-state index contributed by atoms with van der Waals surface area (Å²) in [4.78, 5) is 8.72. The molecule has 2 unspecified atom stereocenters. The summed E-state index contributed by atoms with van der Waals surface area (Å²) < 4.78 is 34.1. The molecule has 2 saturated heterocycles. The van der Waals surface area contributed by atoms with Crippen molar-refractivity contribution in [2.24, 2.45) is 5.41 Å². The molecule has 4 rings (SSSR count). The smallest absolute Gasteiger partial charge is 0.167 e. The number of hydrogen-bond acceptors (Lipinski definition) is 5. The summed E-state index contributed by atoms with van der Waals surface area (Å²) in [6, 6.07) is 4.39. The lowest BCUT2D eigenvalue weighted by atomic mass is 9.75. The summed E-state index contributed by atoms with van der Waals surface area (Å²) in [7, 11) is 0. The SMILES string of the molecule is CC(C)(F)CCc1cc(F)ccc1Oc1cncnc1C1CNCC12CCNC2. The Morgan fingerprint density at radius 1 is 1.24 bits per heavy atom. The van der Waals surface area contributed by atoms with E-state index >= 15 is 0 Å². The van der Waals surface area contributed by atoms with Gasteiger partial charge in [-0.3, -0.25) is 0 Å². The standard InChI is InChI=1S/C22H28F2N4O/c1-21(2,24)6-5-15-9-16(23)3-4-18(15)29-19-11-27-14-28-20(19)17-10-26-13-22(17)7-8-25-12-22/h3-4,9,11,14,17,25-26H,5-8,10,12-13H2,1-2H3. The van der Waals surface area contributed by atoms with Crippen molar-refractivity contribution >= 4 is 0 Å². The number of nitrogens with zero attached hydrogens (tertiary/aromatic N) is 2. The largest absolute Gasteiger partial charge is 0.454 e. The van der Waals surface area contributed by atoms with Crippen LogP contribution in [0, 0.1) is 11.2 Å². The number of ether oxygens (including phenoxy) is 1. The van der Waals surface area contributed by atoms with E-state index in [2.05, 4.69) is 20.6 Å². The van der Waals surface area contributed by atoms with Crippen molar-refractivity contribution in [3.05, 3.63) is 47.8 Å². The van der Waals surface area contributed by atoms with E-state index in [0.717, 1.165) is 38.3 Å². The van der Waals surface area contributed by atoms with E-state index in [9.17, 15) is 8.78 Å². The van der Waals surface area contributed by atoms with E-state index in [0.29, 0.717) is 23.5 Å². The van der Waals surface area contributed by atoms with Crippen molar-refractivity contribution in [2.45, 2.75) is 44.7 Å². The number of halogens is 2. The van der Waals surface area contributed by atoms with Gasteiger partial charge in [-0.1, -0.05) is 0 Å². The fraction of sp³-hybridized carbons (Fsp3) is 0.545. The van der Waals surface area contributed by atoms with Gasteiger partial charge in [-0.15, -0.1) is 0 Å². The van der Waals surface area contributed by atoms with Crippen LogP contribution in [0.5, 0.6) is 11.5 Å². The molecule has 2 aromatic rings. The van der Waals surface area contributed by atoms with Crippen molar-refractivity contribution < 1.29 is 13.5 Å². The molecule has 2 aliphatic heterocycles. The van der Waals surface area contributed by atoms with Crippen LogP contribution in [0.25, 0.3) is 0 Å². The second kappa shape index (κ2) is 7.95. The molecule has 2 aliphatic rings. The molecule has 2 atom stereocenters. The van der Waals surface area contributed by atoms with Gasteiger partial charge >= 0.3 is 0 Å². The van der Waals surface area contributed by atoms with Crippen LogP contribution in [0.3, 0.4) is 0 Å². The first-order valence-electron chi connectivity index (χ1n) is 10.2. The predicted molar refractivity (Wildman–Crippen MR) is 108 cm³/mol. The van der Waals surface area contributed by atoms with Crippen molar-refractivity contribution in [3.8, 4) is 11.5 Å². The van der Waals surface area contributed by atoms with Gasteiger partial charge in [0.25, 0.3) is 0 Å². The maximum absolute atomic E-state index is 14.0. The van der Waals surface area contributed by atoms with E-state index in [1.54, 1.807) is 18.6 Å². The molecule has 7 heteroatoms. The highest BCUT2D eigenvalue weighted by Gasteiger charge is 2.47. The van der Waals surface area contributed by atoms with Gasteiger partial charge in [0.05, 0.1) is 11.9 Å². The average molecular weight is 402 g/mol. The first-order chi connectivity index (χ1) is 13.9. The Morgan fingerprint density at radius 3 is 2.83 bits per heavy atom. The lowest BCUT2D eigenvalue weighted by Gasteiger charge is -2.29.